The van der Waals surface area contributed by atoms with E-state index in [1.54, 1.807) is 12.1 Å². The van der Waals surface area contributed by atoms with Crippen LogP contribution in [0.4, 0.5) is 0 Å². The van der Waals surface area contributed by atoms with Gasteiger partial charge in [0.2, 0.25) is 11.8 Å². The molecule has 53 heavy (non-hydrogen) atoms. The number of hydrogen-bond acceptors (Lipinski definition) is 13. The smallest absolute Gasteiger partial charge is 0.349 e. The van der Waals surface area contributed by atoms with Gasteiger partial charge in [0.1, 0.15) is 24.9 Å². The summed E-state index contributed by atoms with van der Waals surface area (Å²) in [6.45, 7) is 6.54. The maximum absolute atomic E-state index is 12.5. The number of ether oxygens (including phenoxy) is 1. The SMILES string of the molecule is Cc1cc2nc3c(=O)[nH]c(=O)nc-3n(CC(O)C(O)C(O)COC(=O)CCC(=O)NCCCNC(=O)CCCCCN(C)CCCN(C)C)c2cc1C. The van der Waals surface area contributed by atoms with Crippen molar-refractivity contribution in [3.63, 3.8) is 0 Å². The molecule has 0 radical (unpaired) electrons. The van der Waals surface area contributed by atoms with E-state index in [0.29, 0.717) is 37.0 Å². The Morgan fingerprint density at radius 3 is 2.19 bits per heavy atom. The molecule has 3 atom stereocenters. The third-order valence-electron chi connectivity index (χ3n) is 8.94. The second-order valence-corrected chi connectivity index (χ2v) is 13.8. The Kier molecular flexibility index (Phi) is 17.4. The predicted octanol–water partition coefficient (Wildman–Crippen LogP) is -0.326. The maximum atomic E-state index is 12.5. The first-order valence-corrected chi connectivity index (χ1v) is 18.1. The molecule has 17 nitrogen and oxygen atoms in total. The van der Waals surface area contributed by atoms with E-state index in [0.717, 1.165) is 56.4 Å². The predicted molar refractivity (Wildman–Crippen MR) is 199 cm³/mol. The molecular weight excluding hydrogens is 688 g/mol. The van der Waals surface area contributed by atoms with Gasteiger partial charge < -0.3 is 45.1 Å². The minimum Gasteiger partial charge on any atom is -0.463 e. The number of aromatic amines is 1. The minimum atomic E-state index is -1.80. The van der Waals surface area contributed by atoms with Crippen LogP contribution in [0.15, 0.2) is 21.7 Å². The van der Waals surface area contributed by atoms with E-state index in [1.807, 2.05) is 13.8 Å². The fourth-order valence-electron chi connectivity index (χ4n) is 5.68. The van der Waals surface area contributed by atoms with Crippen molar-refractivity contribution in [3.8, 4) is 11.5 Å². The Labute approximate surface area is 309 Å². The van der Waals surface area contributed by atoms with Crippen molar-refractivity contribution in [2.45, 2.75) is 90.1 Å². The van der Waals surface area contributed by atoms with Crippen LogP contribution in [-0.4, -0.2) is 141 Å². The van der Waals surface area contributed by atoms with Crippen molar-refractivity contribution in [2.75, 3.05) is 60.5 Å². The second-order valence-electron chi connectivity index (χ2n) is 13.8. The molecule has 2 aliphatic heterocycles. The van der Waals surface area contributed by atoms with E-state index in [9.17, 15) is 39.3 Å². The summed E-state index contributed by atoms with van der Waals surface area (Å²) in [5.41, 5.74) is 0.744. The maximum Gasteiger partial charge on any atom is 0.349 e. The number of carbonyl (C=O) groups is 3. The number of benzene rings is 1. The Bertz CT molecular complexity index is 1740. The number of rotatable bonds is 23. The number of aromatic nitrogens is 4. The number of aliphatic hydroxyl groups excluding tert-OH is 3. The summed E-state index contributed by atoms with van der Waals surface area (Å²) in [6, 6.07) is 3.48. The van der Waals surface area contributed by atoms with Crippen LogP contribution in [0.3, 0.4) is 0 Å². The van der Waals surface area contributed by atoms with E-state index in [4.69, 9.17) is 4.74 Å². The largest absolute Gasteiger partial charge is 0.463 e. The number of carbonyl (C=O) groups excluding carboxylic acids is 3. The zero-order valence-corrected chi connectivity index (χ0v) is 31.5. The molecule has 17 heteroatoms. The zero-order valence-electron chi connectivity index (χ0n) is 31.5. The molecular formula is C36H56N8O9. The van der Waals surface area contributed by atoms with Gasteiger partial charge in [0.05, 0.1) is 24.0 Å². The molecule has 3 unspecified atom stereocenters. The lowest BCUT2D eigenvalue weighted by atomic mass is 10.1. The molecule has 0 spiro atoms. The first kappa shape index (κ1) is 43.1. The van der Waals surface area contributed by atoms with Crippen molar-refractivity contribution >= 4 is 28.8 Å². The zero-order chi connectivity index (χ0) is 39.1. The third kappa shape index (κ3) is 14.2. The molecule has 0 fully saturated rings. The summed E-state index contributed by atoms with van der Waals surface area (Å²) in [4.78, 5) is 75.8. The topological polar surface area (TPSA) is 232 Å². The van der Waals surface area contributed by atoms with Gasteiger partial charge in [-0.25, -0.2) is 9.78 Å². The molecule has 0 saturated carbocycles. The lowest BCUT2D eigenvalue weighted by molar-refractivity contribution is -0.152. The summed E-state index contributed by atoms with van der Waals surface area (Å²) in [5, 5.41) is 37.5. The number of aryl methyl sites for hydroxylation is 2. The molecule has 3 rings (SSSR count). The molecule has 0 aromatic heterocycles. The van der Waals surface area contributed by atoms with Crippen molar-refractivity contribution in [3.05, 3.63) is 44.1 Å². The fourth-order valence-corrected chi connectivity index (χ4v) is 5.68. The molecule has 1 aromatic carbocycles. The summed E-state index contributed by atoms with van der Waals surface area (Å²) >= 11 is 0. The second kappa shape index (κ2) is 21.4. The van der Waals surface area contributed by atoms with Crippen LogP contribution in [0.1, 0.15) is 62.5 Å². The van der Waals surface area contributed by atoms with Gasteiger partial charge in [0.25, 0.3) is 5.56 Å². The van der Waals surface area contributed by atoms with E-state index in [-0.39, 0.29) is 42.7 Å². The van der Waals surface area contributed by atoms with Gasteiger partial charge in [0, 0.05) is 25.9 Å². The fraction of sp³-hybridized carbons (Fsp3) is 0.639. The number of hydrogen-bond donors (Lipinski definition) is 6. The van der Waals surface area contributed by atoms with E-state index in [2.05, 4.69) is 56.5 Å². The average molecular weight is 745 g/mol. The highest BCUT2D eigenvalue weighted by atomic mass is 16.5. The Balaban J connectivity index is 1.33. The molecule has 1 aromatic rings. The van der Waals surface area contributed by atoms with E-state index < -0.39 is 42.1 Å². The molecule has 2 amide bonds. The Hall–Kier alpha value is -4.29. The van der Waals surface area contributed by atoms with Crippen LogP contribution in [0, 0.1) is 13.8 Å². The van der Waals surface area contributed by atoms with Gasteiger partial charge in [-0.15, -0.1) is 0 Å². The van der Waals surface area contributed by atoms with Crippen molar-refractivity contribution in [2.24, 2.45) is 0 Å². The third-order valence-corrected chi connectivity index (χ3v) is 8.94. The number of fused-ring (bicyclic) bond motifs is 2. The first-order valence-electron chi connectivity index (χ1n) is 18.1. The molecule has 2 aliphatic rings. The quantitative estimate of drug-likeness (QED) is 0.0416. The molecule has 0 aliphatic carbocycles. The Morgan fingerprint density at radius 2 is 1.49 bits per heavy atom. The summed E-state index contributed by atoms with van der Waals surface area (Å²) < 4.78 is 6.39. The monoisotopic (exact) mass is 744 g/mol. The lowest BCUT2D eigenvalue weighted by Gasteiger charge is -2.25. The molecule has 6 N–H and O–H groups in total. The number of aliphatic hydroxyl groups is 3. The van der Waals surface area contributed by atoms with Crippen molar-refractivity contribution in [1.29, 1.82) is 0 Å². The van der Waals surface area contributed by atoms with Crippen molar-refractivity contribution in [1.82, 2.24) is 40.0 Å². The lowest BCUT2D eigenvalue weighted by Crippen LogP contribution is -2.43. The summed E-state index contributed by atoms with van der Waals surface area (Å²) in [7, 11) is 6.26. The number of H-pyrrole nitrogens is 1. The van der Waals surface area contributed by atoms with Gasteiger partial charge >= 0.3 is 11.7 Å². The van der Waals surface area contributed by atoms with Crippen LogP contribution in [0.5, 0.6) is 0 Å². The van der Waals surface area contributed by atoms with Gasteiger partial charge in [-0.1, -0.05) is 6.42 Å². The highest BCUT2D eigenvalue weighted by molar-refractivity contribution is 5.82. The van der Waals surface area contributed by atoms with Crippen LogP contribution < -0.4 is 21.9 Å². The molecule has 294 valence electrons. The van der Waals surface area contributed by atoms with Crippen LogP contribution in [-0.2, 0) is 25.7 Å². The first-order chi connectivity index (χ1) is 25.2. The highest BCUT2D eigenvalue weighted by Crippen LogP contribution is 2.24. The van der Waals surface area contributed by atoms with E-state index in [1.165, 1.54) is 4.57 Å². The van der Waals surface area contributed by atoms with Gasteiger partial charge in [0.15, 0.2) is 11.5 Å². The standard InChI is InChI=1S/C36H56N8O9/c1-23-19-25-26(20-24(23)2)44(34-32(39-25)35(51)41-36(52)40-34)21-27(45)33(50)28(46)22-53-31(49)13-12-30(48)38-15-9-14-37-29(47)11-7-6-8-17-43(5)18-10-16-42(3)4/h19-20,27-28,33,45-46,50H,6-18,21-22H2,1-5H3,(H,37,47)(H,38,48)(H,41,51,52). The number of nitrogens with one attached hydrogen (secondary N) is 3. The number of nitrogens with zero attached hydrogens (tertiary/aromatic N) is 5. The van der Waals surface area contributed by atoms with Crippen LogP contribution >= 0.6 is 0 Å². The molecule has 0 saturated heterocycles. The van der Waals surface area contributed by atoms with Crippen LogP contribution in [0.25, 0.3) is 22.6 Å². The normalized spacial score (nSPS) is 13.4. The van der Waals surface area contributed by atoms with E-state index >= 15 is 0 Å². The number of amides is 2. The average Bonchev–Trinajstić information content (AvgIpc) is 3.09. The van der Waals surface area contributed by atoms with Gasteiger partial charge in [-0.3, -0.25) is 24.2 Å². The Morgan fingerprint density at radius 1 is 0.830 bits per heavy atom. The van der Waals surface area contributed by atoms with Gasteiger partial charge in [-0.2, -0.15) is 4.98 Å². The summed E-state index contributed by atoms with van der Waals surface area (Å²) in [6.07, 6.45) is -0.598. The number of esters is 1. The molecule has 0 bridgehead atoms. The number of unbranched alkanes of at least 4 members (excludes halogenated alkanes) is 2. The minimum absolute atomic E-state index is 0.0204. The van der Waals surface area contributed by atoms with Crippen LogP contribution in [0.2, 0.25) is 0 Å². The summed E-state index contributed by atoms with van der Waals surface area (Å²) in [5.74, 6) is -1.31. The highest BCUT2D eigenvalue weighted by Gasteiger charge is 2.29. The van der Waals surface area contributed by atoms with Crippen molar-refractivity contribution < 1.29 is 34.4 Å². The molecule has 2 heterocycles. The van der Waals surface area contributed by atoms with Gasteiger partial charge in [-0.05, 0) is 104 Å².